The van der Waals surface area contributed by atoms with E-state index in [2.05, 4.69) is 6.58 Å². The van der Waals surface area contributed by atoms with Gasteiger partial charge in [0, 0.05) is 24.7 Å². The van der Waals surface area contributed by atoms with E-state index in [1.54, 1.807) is 0 Å². The summed E-state index contributed by atoms with van der Waals surface area (Å²) in [6, 6.07) is 0. The van der Waals surface area contributed by atoms with Crippen molar-refractivity contribution in [2.45, 2.75) is 0 Å². The van der Waals surface area contributed by atoms with Gasteiger partial charge in [-0.25, -0.2) is 4.79 Å². The second-order valence-electron chi connectivity index (χ2n) is 3.32. The van der Waals surface area contributed by atoms with Gasteiger partial charge in [0.25, 0.3) is 0 Å². The molecule has 0 saturated carbocycles. The molecule has 0 amide bonds. The highest BCUT2D eigenvalue weighted by Crippen LogP contribution is 2.34. The zero-order valence-electron chi connectivity index (χ0n) is 8.26. The van der Waals surface area contributed by atoms with Gasteiger partial charge >= 0.3 is 5.97 Å². The molecular weight excluding hydrogens is 204 g/mol. The molecule has 0 radical (unpaired) electrons. The van der Waals surface area contributed by atoms with E-state index in [-0.39, 0.29) is 0 Å². The highest BCUT2D eigenvalue weighted by Gasteiger charge is 2.42. The van der Waals surface area contributed by atoms with Gasteiger partial charge in [-0.3, -0.25) is 0 Å². The molecule has 0 atom stereocenters. The first-order chi connectivity index (χ1) is 6.99. The van der Waals surface area contributed by atoms with Crippen LogP contribution in [0.2, 0.25) is 0 Å². The molecule has 0 bridgehead atoms. The van der Waals surface area contributed by atoms with Gasteiger partial charge in [0.2, 0.25) is 0 Å². The van der Waals surface area contributed by atoms with Crippen molar-refractivity contribution in [1.82, 2.24) is 0 Å². The molecule has 0 aliphatic rings. The summed E-state index contributed by atoms with van der Waals surface area (Å²) in [7, 11) is 0. The third-order valence-corrected chi connectivity index (χ3v) is 2.65. The molecular formula is C9H16O6. The molecule has 0 aliphatic heterocycles. The number of aliphatic hydroxyl groups is 4. The van der Waals surface area contributed by atoms with Crippen LogP contribution in [0, 0.1) is 11.3 Å². The molecule has 6 nitrogen and oxygen atoms in total. The predicted molar refractivity (Wildman–Crippen MR) is 51.0 cm³/mol. The molecule has 0 unspecified atom stereocenters. The maximum atomic E-state index is 10.7. The van der Waals surface area contributed by atoms with Gasteiger partial charge in [0.1, 0.15) is 0 Å². The van der Waals surface area contributed by atoms with Crippen LogP contribution >= 0.6 is 0 Å². The Morgan fingerprint density at radius 2 is 1.53 bits per heavy atom. The van der Waals surface area contributed by atoms with E-state index in [0.717, 1.165) is 0 Å². The van der Waals surface area contributed by atoms with Crippen LogP contribution in [0.3, 0.4) is 0 Å². The monoisotopic (exact) mass is 220 g/mol. The third-order valence-electron chi connectivity index (χ3n) is 2.65. The molecule has 0 heterocycles. The lowest BCUT2D eigenvalue weighted by Crippen LogP contribution is -2.45. The minimum atomic E-state index is -1.60. The van der Waals surface area contributed by atoms with Crippen molar-refractivity contribution in [3.8, 4) is 0 Å². The zero-order valence-corrected chi connectivity index (χ0v) is 8.26. The Morgan fingerprint density at radius 3 is 1.73 bits per heavy atom. The molecule has 0 aromatic heterocycles. The van der Waals surface area contributed by atoms with Gasteiger partial charge in [0.15, 0.2) is 0 Å². The van der Waals surface area contributed by atoms with Gasteiger partial charge in [-0.1, -0.05) is 6.58 Å². The SMILES string of the molecule is C=C(C(=O)O)C(CO)(CO)C(CO)CO. The van der Waals surface area contributed by atoms with Crippen molar-refractivity contribution in [2.24, 2.45) is 11.3 Å². The fraction of sp³-hybridized carbons (Fsp3) is 0.667. The maximum Gasteiger partial charge on any atom is 0.331 e. The van der Waals surface area contributed by atoms with Crippen molar-refractivity contribution >= 4 is 5.97 Å². The smallest absolute Gasteiger partial charge is 0.331 e. The number of hydrogen-bond donors (Lipinski definition) is 5. The largest absolute Gasteiger partial charge is 0.478 e. The summed E-state index contributed by atoms with van der Waals surface area (Å²) >= 11 is 0. The van der Waals surface area contributed by atoms with Crippen LogP contribution in [0.15, 0.2) is 12.2 Å². The lowest BCUT2D eigenvalue weighted by Gasteiger charge is -2.36. The first-order valence-electron chi connectivity index (χ1n) is 4.36. The van der Waals surface area contributed by atoms with Crippen molar-refractivity contribution in [2.75, 3.05) is 26.4 Å². The third kappa shape index (κ3) is 2.54. The van der Waals surface area contributed by atoms with Crippen LogP contribution in [0.5, 0.6) is 0 Å². The number of aliphatic hydroxyl groups excluding tert-OH is 4. The Morgan fingerprint density at radius 1 is 1.13 bits per heavy atom. The van der Waals surface area contributed by atoms with Crippen LogP contribution in [0.1, 0.15) is 0 Å². The molecule has 0 aliphatic carbocycles. The van der Waals surface area contributed by atoms with Crippen molar-refractivity contribution in [1.29, 1.82) is 0 Å². The lowest BCUT2D eigenvalue weighted by atomic mass is 9.72. The number of carboxylic acid groups (broad SMARTS) is 1. The standard InChI is InChI=1S/C9H16O6/c1-6(8(14)15)9(4-12,5-13)7(2-10)3-11/h7,10-13H,1-5H2,(H,14,15). The Labute approximate surface area is 87.1 Å². The summed E-state index contributed by atoms with van der Waals surface area (Å²) in [6.07, 6.45) is 0. The van der Waals surface area contributed by atoms with Gasteiger partial charge in [-0.15, -0.1) is 0 Å². The molecule has 0 spiro atoms. The summed E-state index contributed by atoms with van der Waals surface area (Å²) in [5.74, 6) is -2.35. The topological polar surface area (TPSA) is 118 Å². The second-order valence-corrected chi connectivity index (χ2v) is 3.32. The maximum absolute atomic E-state index is 10.7. The Balaban J connectivity index is 5.19. The van der Waals surface area contributed by atoms with Crippen LogP contribution < -0.4 is 0 Å². The van der Waals surface area contributed by atoms with Crippen LogP contribution in [-0.2, 0) is 4.79 Å². The second kappa shape index (κ2) is 5.82. The van der Waals surface area contributed by atoms with E-state index >= 15 is 0 Å². The Bertz CT molecular complexity index is 229. The fourth-order valence-corrected chi connectivity index (χ4v) is 1.37. The molecule has 0 rings (SSSR count). The van der Waals surface area contributed by atoms with Gasteiger partial charge in [-0.2, -0.15) is 0 Å². The van der Waals surface area contributed by atoms with Crippen molar-refractivity contribution < 1.29 is 30.3 Å². The number of hydrogen-bond acceptors (Lipinski definition) is 5. The average molecular weight is 220 g/mol. The van der Waals surface area contributed by atoms with Crippen LogP contribution in [0.4, 0.5) is 0 Å². The highest BCUT2D eigenvalue weighted by molar-refractivity contribution is 5.87. The minimum Gasteiger partial charge on any atom is -0.478 e. The van der Waals surface area contributed by atoms with Crippen LogP contribution in [0.25, 0.3) is 0 Å². The summed E-state index contributed by atoms with van der Waals surface area (Å²) in [5, 5.41) is 44.9. The molecule has 5 N–H and O–H groups in total. The normalized spacial score (nSPS) is 11.8. The van der Waals surface area contributed by atoms with E-state index in [4.69, 9.17) is 25.5 Å². The summed E-state index contributed by atoms with van der Waals surface area (Å²) < 4.78 is 0. The number of carboxylic acids is 1. The van der Waals surface area contributed by atoms with E-state index in [1.807, 2.05) is 0 Å². The average Bonchev–Trinajstić information content (AvgIpc) is 2.25. The highest BCUT2D eigenvalue weighted by atomic mass is 16.4. The predicted octanol–water partition coefficient (Wildman–Crippen LogP) is -1.80. The Kier molecular flexibility index (Phi) is 5.45. The molecule has 0 saturated heterocycles. The summed E-state index contributed by atoms with van der Waals surface area (Å²) in [6.45, 7) is 0.724. The molecule has 15 heavy (non-hydrogen) atoms. The molecule has 0 aromatic rings. The quantitative estimate of drug-likeness (QED) is 0.323. The summed E-state index contributed by atoms with van der Waals surface area (Å²) in [5.41, 5.74) is -2.03. The van der Waals surface area contributed by atoms with Crippen molar-refractivity contribution in [3.05, 3.63) is 12.2 Å². The Hall–Kier alpha value is -0.950. The molecule has 0 aromatic carbocycles. The number of carbonyl (C=O) groups is 1. The minimum absolute atomic E-state index is 0.430. The van der Waals surface area contributed by atoms with Gasteiger partial charge in [0.05, 0.1) is 18.6 Å². The zero-order chi connectivity index (χ0) is 12.1. The first-order valence-corrected chi connectivity index (χ1v) is 4.36. The van der Waals surface area contributed by atoms with E-state index in [9.17, 15) is 4.79 Å². The van der Waals surface area contributed by atoms with E-state index in [1.165, 1.54) is 0 Å². The lowest BCUT2D eigenvalue weighted by molar-refractivity contribution is -0.136. The van der Waals surface area contributed by atoms with E-state index < -0.39 is 49.3 Å². The number of rotatable bonds is 7. The fourth-order valence-electron chi connectivity index (χ4n) is 1.37. The van der Waals surface area contributed by atoms with Gasteiger partial charge in [-0.05, 0) is 0 Å². The van der Waals surface area contributed by atoms with Gasteiger partial charge < -0.3 is 25.5 Å². The molecule has 6 heteroatoms. The molecule has 0 fully saturated rings. The molecule has 88 valence electrons. The van der Waals surface area contributed by atoms with Crippen molar-refractivity contribution in [3.63, 3.8) is 0 Å². The van der Waals surface area contributed by atoms with E-state index in [0.29, 0.717) is 0 Å². The van der Waals surface area contributed by atoms with Crippen LogP contribution in [-0.4, -0.2) is 57.9 Å². The number of aliphatic carboxylic acids is 1. The summed E-state index contributed by atoms with van der Waals surface area (Å²) in [4.78, 5) is 10.7. The first kappa shape index (κ1) is 14.1.